The second-order valence-electron chi connectivity index (χ2n) is 4.76. The Morgan fingerprint density at radius 3 is 3.00 bits per heavy atom. The maximum atomic E-state index is 13.3. The van der Waals surface area contributed by atoms with E-state index >= 15 is 0 Å². The molecule has 0 saturated carbocycles. The number of carbonyl (C=O) groups is 1. The van der Waals surface area contributed by atoms with Crippen LogP contribution in [0.1, 0.15) is 24.5 Å². The van der Waals surface area contributed by atoms with Gasteiger partial charge in [0.2, 0.25) is 5.91 Å². The molecular formula is C14H16ClFN4O2. The maximum absolute atomic E-state index is 13.3. The van der Waals surface area contributed by atoms with Crippen molar-refractivity contribution in [3.63, 3.8) is 0 Å². The fourth-order valence-electron chi connectivity index (χ4n) is 1.89. The van der Waals surface area contributed by atoms with Crippen LogP contribution in [-0.2, 0) is 11.3 Å². The number of hydrogen-bond donors (Lipinski definition) is 2. The molecule has 0 saturated heterocycles. The summed E-state index contributed by atoms with van der Waals surface area (Å²) in [7, 11) is 0. The zero-order valence-corrected chi connectivity index (χ0v) is 12.5. The van der Waals surface area contributed by atoms with Crippen LogP contribution in [0.15, 0.2) is 30.6 Å². The van der Waals surface area contributed by atoms with Crippen LogP contribution < -0.4 is 5.32 Å². The van der Waals surface area contributed by atoms with Gasteiger partial charge in [0, 0.05) is 25.7 Å². The van der Waals surface area contributed by atoms with Crippen molar-refractivity contribution in [1.82, 2.24) is 20.3 Å². The molecule has 22 heavy (non-hydrogen) atoms. The lowest BCUT2D eigenvalue weighted by molar-refractivity contribution is -0.121. The van der Waals surface area contributed by atoms with Crippen molar-refractivity contribution in [3.05, 3.63) is 47.0 Å². The first-order chi connectivity index (χ1) is 10.6. The predicted molar refractivity (Wildman–Crippen MR) is 78.6 cm³/mol. The molecule has 2 aromatic rings. The fourth-order valence-corrected chi connectivity index (χ4v) is 2.01. The van der Waals surface area contributed by atoms with Crippen molar-refractivity contribution in [1.29, 1.82) is 0 Å². The van der Waals surface area contributed by atoms with E-state index in [0.717, 1.165) is 6.07 Å². The Bertz CT molecular complexity index is 621. The molecule has 0 aliphatic heterocycles. The lowest BCUT2D eigenvalue weighted by Crippen LogP contribution is -2.28. The summed E-state index contributed by atoms with van der Waals surface area (Å²) in [5.74, 6) is -0.786. The minimum Gasteiger partial charge on any atom is -0.387 e. The number of halogens is 2. The smallest absolute Gasteiger partial charge is 0.220 e. The molecule has 2 N–H and O–H groups in total. The topological polar surface area (TPSA) is 80.0 Å². The number of aliphatic hydroxyl groups is 1. The van der Waals surface area contributed by atoms with E-state index in [4.69, 9.17) is 11.6 Å². The van der Waals surface area contributed by atoms with Crippen LogP contribution in [0.25, 0.3) is 0 Å². The number of hydrogen-bond acceptors (Lipinski definition) is 4. The van der Waals surface area contributed by atoms with Crippen LogP contribution >= 0.6 is 11.6 Å². The van der Waals surface area contributed by atoms with Crippen molar-refractivity contribution in [2.75, 3.05) is 6.54 Å². The third-order valence-corrected chi connectivity index (χ3v) is 3.39. The first-order valence-corrected chi connectivity index (χ1v) is 7.18. The molecule has 1 heterocycles. The third-order valence-electron chi connectivity index (χ3n) is 3.08. The molecule has 0 bridgehead atoms. The summed E-state index contributed by atoms with van der Waals surface area (Å²) in [4.78, 5) is 11.7. The van der Waals surface area contributed by atoms with Gasteiger partial charge in [-0.1, -0.05) is 22.9 Å². The Labute approximate surface area is 131 Å². The van der Waals surface area contributed by atoms with E-state index in [2.05, 4.69) is 15.6 Å². The second-order valence-corrected chi connectivity index (χ2v) is 5.17. The highest BCUT2D eigenvalue weighted by Crippen LogP contribution is 2.19. The highest BCUT2D eigenvalue weighted by Gasteiger charge is 2.11. The lowest BCUT2D eigenvalue weighted by atomic mass is 10.1. The third kappa shape index (κ3) is 4.78. The molecule has 6 nitrogen and oxygen atoms in total. The molecule has 1 unspecified atom stereocenters. The van der Waals surface area contributed by atoms with Gasteiger partial charge in [-0.05, 0) is 24.1 Å². The molecule has 0 radical (unpaired) electrons. The van der Waals surface area contributed by atoms with Crippen molar-refractivity contribution in [2.45, 2.75) is 25.5 Å². The van der Waals surface area contributed by atoms with Gasteiger partial charge in [-0.2, -0.15) is 0 Å². The normalized spacial score (nSPS) is 12.1. The summed E-state index contributed by atoms with van der Waals surface area (Å²) < 4.78 is 14.9. The largest absolute Gasteiger partial charge is 0.387 e. The van der Waals surface area contributed by atoms with Crippen LogP contribution in [0.5, 0.6) is 0 Å². The van der Waals surface area contributed by atoms with Crippen LogP contribution in [-0.4, -0.2) is 32.6 Å². The van der Waals surface area contributed by atoms with E-state index in [9.17, 15) is 14.3 Å². The molecule has 0 fully saturated rings. The Hall–Kier alpha value is -1.99. The number of rotatable bonds is 7. The van der Waals surface area contributed by atoms with Gasteiger partial charge in [-0.25, -0.2) is 4.39 Å². The van der Waals surface area contributed by atoms with Crippen molar-refractivity contribution >= 4 is 17.5 Å². The Morgan fingerprint density at radius 2 is 2.32 bits per heavy atom. The van der Waals surface area contributed by atoms with E-state index < -0.39 is 11.9 Å². The molecule has 2 rings (SSSR count). The Morgan fingerprint density at radius 1 is 1.50 bits per heavy atom. The number of amides is 1. The number of benzene rings is 1. The van der Waals surface area contributed by atoms with E-state index in [1.165, 1.54) is 12.1 Å². The highest BCUT2D eigenvalue weighted by molar-refractivity contribution is 6.30. The SMILES string of the molecule is O=C(CCCn1ccnn1)NCC(O)c1ccc(Cl)c(F)c1. The van der Waals surface area contributed by atoms with Crippen LogP contribution in [0.3, 0.4) is 0 Å². The van der Waals surface area contributed by atoms with Gasteiger partial charge < -0.3 is 10.4 Å². The van der Waals surface area contributed by atoms with E-state index in [1.54, 1.807) is 17.1 Å². The molecule has 1 aromatic carbocycles. The quantitative estimate of drug-likeness (QED) is 0.811. The summed E-state index contributed by atoms with van der Waals surface area (Å²) in [6, 6.07) is 4.05. The Kier molecular flexibility index (Phi) is 5.85. The standard InChI is InChI=1S/C14H16ClFN4O2/c15-11-4-3-10(8-12(11)16)13(21)9-17-14(22)2-1-6-20-7-5-18-19-20/h3-5,7-8,13,21H,1-2,6,9H2,(H,17,22). The number of aliphatic hydroxyl groups excluding tert-OH is 1. The van der Waals surface area contributed by atoms with Gasteiger partial charge in [0.25, 0.3) is 0 Å². The predicted octanol–water partition coefficient (Wildman–Crippen LogP) is 1.70. The first kappa shape index (κ1) is 16.4. The van der Waals surface area contributed by atoms with E-state index in [-0.39, 0.29) is 17.5 Å². The molecule has 0 spiro atoms. The fraction of sp³-hybridized carbons (Fsp3) is 0.357. The maximum Gasteiger partial charge on any atom is 0.220 e. The molecule has 1 amide bonds. The van der Waals surface area contributed by atoms with Gasteiger partial charge in [-0.15, -0.1) is 5.10 Å². The van der Waals surface area contributed by atoms with Crippen molar-refractivity contribution in [2.24, 2.45) is 0 Å². The molecule has 1 aromatic heterocycles. The molecule has 0 aliphatic rings. The Balaban J connectivity index is 1.72. The summed E-state index contributed by atoms with van der Waals surface area (Å²) in [6.07, 6.45) is 3.23. The van der Waals surface area contributed by atoms with Crippen LogP contribution in [0, 0.1) is 5.82 Å². The number of aromatic nitrogens is 3. The molecule has 1 atom stereocenters. The summed E-state index contributed by atoms with van der Waals surface area (Å²) >= 11 is 5.57. The summed E-state index contributed by atoms with van der Waals surface area (Å²) in [5, 5.41) is 20.0. The first-order valence-electron chi connectivity index (χ1n) is 6.80. The van der Waals surface area contributed by atoms with Crippen molar-refractivity contribution in [3.8, 4) is 0 Å². The zero-order valence-electron chi connectivity index (χ0n) is 11.7. The number of carbonyl (C=O) groups excluding carboxylic acids is 1. The van der Waals surface area contributed by atoms with E-state index in [0.29, 0.717) is 24.9 Å². The molecule has 8 heteroatoms. The number of nitrogens with one attached hydrogen (secondary N) is 1. The van der Waals surface area contributed by atoms with Crippen LogP contribution in [0.2, 0.25) is 5.02 Å². The zero-order chi connectivity index (χ0) is 15.9. The second kappa shape index (κ2) is 7.86. The monoisotopic (exact) mass is 326 g/mol. The summed E-state index contributed by atoms with van der Waals surface area (Å²) in [5.41, 5.74) is 0.366. The average molecular weight is 327 g/mol. The number of aryl methyl sites for hydroxylation is 1. The molecule has 0 aliphatic carbocycles. The van der Waals surface area contributed by atoms with Crippen molar-refractivity contribution < 1.29 is 14.3 Å². The van der Waals surface area contributed by atoms with E-state index in [1.807, 2.05) is 0 Å². The van der Waals surface area contributed by atoms with Gasteiger partial charge in [0.1, 0.15) is 5.82 Å². The van der Waals surface area contributed by atoms with Gasteiger partial charge >= 0.3 is 0 Å². The van der Waals surface area contributed by atoms with Gasteiger partial charge in [0.15, 0.2) is 0 Å². The van der Waals surface area contributed by atoms with Crippen LogP contribution in [0.4, 0.5) is 4.39 Å². The lowest BCUT2D eigenvalue weighted by Gasteiger charge is -2.12. The average Bonchev–Trinajstić information content (AvgIpc) is 3.01. The molecule has 118 valence electrons. The van der Waals surface area contributed by atoms with Gasteiger partial charge in [-0.3, -0.25) is 9.48 Å². The minimum absolute atomic E-state index is 0.00639. The minimum atomic E-state index is -0.981. The number of nitrogens with zero attached hydrogens (tertiary/aromatic N) is 3. The summed E-state index contributed by atoms with van der Waals surface area (Å²) in [6.45, 7) is 0.613. The van der Waals surface area contributed by atoms with Gasteiger partial charge in [0.05, 0.1) is 17.3 Å². The molecular weight excluding hydrogens is 311 g/mol. The highest BCUT2D eigenvalue weighted by atomic mass is 35.5.